The van der Waals surface area contributed by atoms with Gasteiger partial charge in [-0.1, -0.05) is 62.3 Å². The zero-order valence-electron chi connectivity index (χ0n) is 16.6. The van der Waals surface area contributed by atoms with Crippen LogP contribution in [-0.2, 0) is 25.8 Å². The van der Waals surface area contributed by atoms with Crippen molar-refractivity contribution in [1.82, 2.24) is 0 Å². The standard InChI is InChI=1S/C5H5F2Si.3C4H10N.Hf/c6-8(7)5-3-1-2-4-5;3*1-4(2,3)5;/h1-4,8H;3*5H,1-3H3;/q4*-1;+4. The maximum absolute atomic E-state index is 11.7. The van der Waals surface area contributed by atoms with Gasteiger partial charge in [0.1, 0.15) is 0 Å². The van der Waals surface area contributed by atoms with E-state index in [1.165, 1.54) is 12.1 Å². The van der Waals surface area contributed by atoms with Crippen LogP contribution in [0.5, 0.6) is 0 Å². The van der Waals surface area contributed by atoms with Gasteiger partial charge in [0.15, 0.2) is 0 Å². The SMILES string of the molecule is CC(C)(C)[NH-].CC(C)(C)[NH-].CC(C)(C)[NH-].F[SiH](F)[c-]1cccc1.[Hf+4]. The third kappa shape index (κ3) is 79.6. The van der Waals surface area contributed by atoms with Crippen LogP contribution < -0.4 is 5.19 Å². The van der Waals surface area contributed by atoms with Crippen molar-refractivity contribution in [2.24, 2.45) is 0 Å². The van der Waals surface area contributed by atoms with E-state index in [0.29, 0.717) is 0 Å². The van der Waals surface area contributed by atoms with Crippen molar-refractivity contribution in [3.8, 4) is 0 Å². The average Bonchev–Trinajstić information content (AvgIpc) is 2.59. The summed E-state index contributed by atoms with van der Waals surface area (Å²) in [6, 6.07) is 6.21. The Morgan fingerprint density at radius 3 is 0.917 bits per heavy atom. The number of nitrogens with one attached hydrogen (secondary N) is 3. The predicted octanol–water partition coefficient (Wildman–Crippen LogP) is 6.28. The van der Waals surface area contributed by atoms with Crippen LogP contribution in [0.2, 0.25) is 0 Å². The van der Waals surface area contributed by atoms with Crippen LogP contribution in [0, 0.1) is 0 Å². The van der Waals surface area contributed by atoms with E-state index in [2.05, 4.69) is 0 Å². The first-order valence-electron chi connectivity index (χ1n) is 7.55. The second-order valence-electron chi connectivity index (χ2n) is 8.27. The van der Waals surface area contributed by atoms with Gasteiger partial charge in [0.2, 0.25) is 0 Å². The summed E-state index contributed by atoms with van der Waals surface area (Å²) in [7, 11) is -3.48. The van der Waals surface area contributed by atoms with E-state index in [4.69, 9.17) is 17.2 Å². The van der Waals surface area contributed by atoms with Gasteiger partial charge in [-0.3, -0.25) is 8.22 Å². The van der Waals surface area contributed by atoms with Gasteiger partial charge in [0.25, 0.3) is 0 Å². The largest absolute Gasteiger partial charge is 4.00 e. The van der Waals surface area contributed by atoms with Gasteiger partial charge in [-0.05, 0) is 0 Å². The number of rotatable bonds is 1. The second kappa shape index (κ2) is 14.4. The molecule has 24 heavy (non-hydrogen) atoms. The van der Waals surface area contributed by atoms with Crippen molar-refractivity contribution < 1.29 is 34.1 Å². The number of hydrogen-bond acceptors (Lipinski definition) is 0. The Morgan fingerprint density at radius 2 is 0.833 bits per heavy atom. The van der Waals surface area contributed by atoms with Gasteiger partial charge in [0.05, 0.1) is 0 Å². The average molecular weight is 526 g/mol. The van der Waals surface area contributed by atoms with Crippen LogP contribution in [-0.4, -0.2) is 26.1 Å². The minimum absolute atomic E-state index is 0. The monoisotopic (exact) mass is 527 g/mol. The van der Waals surface area contributed by atoms with Crippen molar-refractivity contribution in [3.05, 3.63) is 41.5 Å². The van der Waals surface area contributed by atoms with E-state index in [1.54, 1.807) is 12.1 Å². The van der Waals surface area contributed by atoms with Crippen molar-refractivity contribution >= 4 is 14.7 Å². The molecule has 3 N–H and O–H groups in total. The predicted molar refractivity (Wildman–Crippen MR) is 103 cm³/mol. The molecule has 0 aromatic heterocycles. The molecule has 0 unspecified atom stereocenters. The summed E-state index contributed by atoms with van der Waals surface area (Å²) >= 11 is 0. The molecule has 0 saturated heterocycles. The van der Waals surface area contributed by atoms with E-state index in [1.807, 2.05) is 62.3 Å². The fourth-order valence-corrected chi connectivity index (χ4v) is 1.05. The smallest absolute Gasteiger partial charge is 0.673 e. The quantitative estimate of drug-likeness (QED) is 0.235. The summed E-state index contributed by atoms with van der Waals surface area (Å²) in [6.07, 6.45) is 0. The maximum Gasteiger partial charge on any atom is 4.00 e. The van der Waals surface area contributed by atoms with Crippen LogP contribution >= 0.6 is 0 Å². The Balaban J connectivity index is -0.000000113. The van der Waals surface area contributed by atoms with Crippen molar-refractivity contribution in [3.63, 3.8) is 0 Å². The van der Waals surface area contributed by atoms with Crippen LogP contribution in [0.15, 0.2) is 24.3 Å². The van der Waals surface area contributed by atoms with E-state index in [9.17, 15) is 8.22 Å². The molecule has 0 aliphatic rings. The molecule has 0 saturated carbocycles. The first-order chi connectivity index (χ1) is 9.80. The normalized spacial score (nSPS) is 11.0. The van der Waals surface area contributed by atoms with E-state index >= 15 is 0 Å². The number of halogens is 2. The Bertz CT molecular complexity index is 318. The molecule has 0 aliphatic carbocycles. The van der Waals surface area contributed by atoms with Crippen LogP contribution in [0.3, 0.4) is 0 Å². The first kappa shape index (κ1) is 31.9. The summed E-state index contributed by atoms with van der Waals surface area (Å²) in [5.41, 5.74) is 20.1. The summed E-state index contributed by atoms with van der Waals surface area (Å²) in [5, 5.41) is 0.241. The molecule has 0 radical (unpaired) electrons. The molecule has 0 fully saturated rings. The summed E-state index contributed by atoms with van der Waals surface area (Å²) < 4.78 is 23.5. The molecule has 0 spiro atoms. The summed E-state index contributed by atoms with van der Waals surface area (Å²) in [4.78, 5) is 0. The second-order valence-corrected chi connectivity index (χ2v) is 9.54. The molecular weight excluding hydrogens is 491 g/mol. The molecule has 1 aromatic carbocycles. The van der Waals surface area contributed by atoms with Gasteiger partial charge in [0, 0.05) is 0 Å². The van der Waals surface area contributed by atoms with Crippen LogP contribution in [0.1, 0.15) is 62.3 Å². The molecule has 0 heterocycles. The molecule has 140 valence electrons. The van der Waals surface area contributed by atoms with E-state index in [-0.39, 0.29) is 47.6 Å². The fourth-order valence-electron chi connectivity index (χ4n) is 0.534. The van der Waals surface area contributed by atoms with Crippen molar-refractivity contribution in [1.29, 1.82) is 0 Å². The Labute approximate surface area is 168 Å². The minimum Gasteiger partial charge on any atom is -0.673 e. The van der Waals surface area contributed by atoms with Crippen molar-refractivity contribution in [2.45, 2.75) is 78.9 Å². The molecule has 7 heteroatoms. The third-order valence-corrected chi connectivity index (χ3v) is 1.83. The zero-order valence-corrected chi connectivity index (χ0v) is 21.4. The fraction of sp³-hybridized carbons (Fsp3) is 0.706. The zero-order chi connectivity index (χ0) is 19.5. The Hall–Kier alpha value is 0.177. The molecule has 0 aliphatic heterocycles. The Morgan fingerprint density at radius 1 is 0.667 bits per heavy atom. The van der Waals surface area contributed by atoms with Gasteiger partial charge >= 0.3 is 35.3 Å². The molecule has 0 bridgehead atoms. The van der Waals surface area contributed by atoms with E-state index in [0.717, 1.165) is 0 Å². The molecule has 0 atom stereocenters. The minimum atomic E-state index is -3.48. The Kier molecular flexibility index (Phi) is 19.1. The van der Waals surface area contributed by atoms with Crippen molar-refractivity contribution in [2.75, 3.05) is 0 Å². The number of hydrogen-bond donors (Lipinski definition) is 0. The summed E-state index contributed by atoms with van der Waals surface area (Å²) in [5.74, 6) is 0. The molecule has 0 amide bonds. The molecule has 1 rings (SSSR count). The van der Waals surface area contributed by atoms with Gasteiger partial charge < -0.3 is 17.2 Å². The van der Waals surface area contributed by atoms with Crippen LogP contribution in [0.4, 0.5) is 8.22 Å². The summed E-state index contributed by atoms with van der Waals surface area (Å²) in [6.45, 7) is 16.7. The van der Waals surface area contributed by atoms with Gasteiger partial charge in [-0.15, -0.1) is 21.8 Å². The van der Waals surface area contributed by atoms with Gasteiger partial charge in [-0.2, -0.15) is 12.1 Å². The maximum atomic E-state index is 11.7. The molecular formula is C17H35F2HfN3Si. The molecule has 3 nitrogen and oxygen atoms in total. The molecule has 1 aromatic rings. The van der Waals surface area contributed by atoms with Crippen LogP contribution in [0.25, 0.3) is 17.2 Å². The van der Waals surface area contributed by atoms with E-state index < -0.39 is 9.46 Å². The van der Waals surface area contributed by atoms with Gasteiger partial charge in [-0.25, -0.2) is 12.1 Å². The first-order valence-corrected chi connectivity index (χ1v) is 9.00. The topological polar surface area (TPSA) is 71.4 Å². The third-order valence-electron chi connectivity index (χ3n) is 0.940.